The van der Waals surface area contributed by atoms with E-state index < -0.39 is 17.5 Å². The predicted octanol–water partition coefficient (Wildman–Crippen LogP) is 2.70. The van der Waals surface area contributed by atoms with Gasteiger partial charge in [-0.1, -0.05) is 6.07 Å². The second kappa shape index (κ2) is 5.34. The van der Waals surface area contributed by atoms with Gasteiger partial charge in [-0.25, -0.2) is 18.2 Å². The Bertz CT molecular complexity index is 861. The average Bonchev–Trinajstić information content (AvgIpc) is 2.86. The van der Waals surface area contributed by atoms with E-state index in [4.69, 9.17) is 5.73 Å². The second-order valence-electron chi connectivity index (χ2n) is 4.75. The van der Waals surface area contributed by atoms with E-state index in [1.807, 2.05) is 0 Å². The Hall–Kier alpha value is -2.54. The van der Waals surface area contributed by atoms with Crippen LogP contribution >= 0.6 is 0 Å². The third-order valence-electron chi connectivity index (χ3n) is 3.41. The number of fused-ring (bicyclic) bond motifs is 1. The van der Waals surface area contributed by atoms with Crippen LogP contribution in [0, 0.1) is 17.5 Å². The van der Waals surface area contributed by atoms with Gasteiger partial charge in [0.2, 0.25) is 0 Å². The van der Waals surface area contributed by atoms with Crippen molar-refractivity contribution in [2.45, 2.75) is 6.54 Å². The number of hydrogen-bond acceptors (Lipinski definition) is 3. The maximum absolute atomic E-state index is 14.0. The quantitative estimate of drug-likeness (QED) is 0.577. The van der Waals surface area contributed by atoms with Gasteiger partial charge in [-0.05, 0) is 24.3 Å². The third-order valence-corrected chi connectivity index (χ3v) is 3.41. The van der Waals surface area contributed by atoms with Crippen LogP contribution in [0.5, 0.6) is 0 Å². The summed E-state index contributed by atoms with van der Waals surface area (Å²) in [5, 5.41) is 9.20. The molecule has 22 heavy (non-hydrogen) atoms. The van der Waals surface area contributed by atoms with Gasteiger partial charge in [0.15, 0.2) is 17.5 Å². The molecular formula is C15H12F3N3O. The zero-order valence-electron chi connectivity index (χ0n) is 11.4. The van der Waals surface area contributed by atoms with Gasteiger partial charge in [0.05, 0.1) is 23.4 Å². The molecule has 0 bridgehead atoms. The van der Waals surface area contributed by atoms with Crippen LogP contribution in [0.3, 0.4) is 0 Å². The van der Waals surface area contributed by atoms with E-state index in [2.05, 4.69) is 4.98 Å². The minimum Gasteiger partial charge on any atom is -0.397 e. The maximum Gasteiger partial charge on any atom is 0.195 e. The van der Waals surface area contributed by atoms with Crippen molar-refractivity contribution in [1.82, 2.24) is 9.55 Å². The first-order valence-electron chi connectivity index (χ1n) is 6.54. The lowest BCUT2D eigenvalue weighted by atomic mass is 10.2. The molecule has 0 radical (unpaired) electrons. The van der Waals surface area contributed by atoms with Crippen LogP contribution in [0.15, 0.2) is 30.3 Å². The first-order chi connectivity index (χ1) is 10.5. The van der Waals surface area contributed by atoms with Gasteiger partial charge in [0.25, 0.3) is 0 Å². The first kappa shape index (κ1) is 14.4. The highest BCUT2D eigenvalue weighted by Gasteiger charge is 2.20. The highest BCUT2D eigenvalue weighted by atomic mass is 19.2. The first-order valence-corrected chi connectivity index (χ1v) is 6.54. The van der Waals surface area contributed by atoms with Crippen LogP contribution in [-0.2, 0) is 6.54 Å². The molecule has 3 N–H and O–H groups in total. The molecule has 0 amide bonds. The molecule has 0 atom stereocenters. The molecule has 4 nitrogen and oxygen atoms in total. The van der Waals surface area contributed by atoms with Crippen molar-refractivity contribution in [2.24, 2.45) is 0 Å². The minimum atomic E-state index is -1.56. The van der Waals surface area contributed by atoms with Gasteiger partial charge in [-0.2, -0.15) is 0 Å². The largest absolute Gasteiger partial charge is 0.397 e. The topological polar surface area (TPSA) is 64.1 Å². The van der Waals surface area contributed by atoms with E-state index in [0.717, 1.165) is 12.1 Å². The molecule has 2 aromatic carbocycles. The van der Waals surface area contributed by atoms with Crippen molar-refractivity contribution in [3.8, 4) is 11.4 Å². The summed E-state index contributed by atoms with van der Waals surface area (Å²) in [5.41, 5.74) is 7.01. The van der Waals surface area contributed by atoms with Crippen molar-refractivity contribution in [3.05, 3.63) is 47.8 Å². The number of halogens is 3. The molecule has 0 spiro atoms. The molecular weight excluding hydrogens is 295 g/mol. The number of aromatic nitrogens is 2. The number of nitrogen functional groups attached to an aromatic ring is 1. The number of aliphatic hydroxyl groups excluding tert-OH is 1. The van der Waals surface area contributed by atoms with Crippen LogP contribution in [0.4, 0.5) is 18.9 Å². The number of nitrogens with two attached hydrogens (primary N) is 1. The Morgan fingerprint density at radius 3 is 2.59 bits per heavy atom. The van der Waals surface area contributed by atoms with Gasteiger partial charge in [-0.3, -0.25) is 0 Å². The molecule has 0 unspecified atom stereocenters. The lowest BCUT2D eigenvalue weighted by Crippen LogP contribution is -2.06. The fraction of sp³-hybridized carbons (Fsp3) is 0.133. The van der Waals surface area contributed by atoms with E-state index in [1.165, 1.54) is 4.57 Å². The summed E-state index contributed by atoms with van der Waals surface area (Å²) in [6, 6.07) is 6.97. The number of benzene rings is 2. The lowest BCUT2D eigenvalue weighted by Gasteiger charge is -2.09. The molecule has 0 aliphatic carbocycles. The summed E-state index contributed by atoms with van der Waals surface area (Å²) in [6.07, 6.45) is 0. The van der Waals surface area contributed by atoms with Crippen molar-refractivity contribution in [2.75, 3.05) is 12.3 Å². The monoisotopic (exact) mass is 307 g/mol. The molecule has 114 valence electrons. The maximum atomic E-state index is 14.0. The van der Waals surface area contributed by atoms with Crippen LogP contribution in [0.1, 0.15) is 0 Å². The zero-order chi connectivity index (χ0) is 15.9. The molecule has 3 aromatic rings. The molecule has 0 fully saturated rings. The van der Waals surface area contributed by atoms with Crippen LogP contribution in [0.2, 0.25) is 0 Å². The summed E-state index contributed by atoms with van der Waals surface area (Å²) in [6.45, 7) is -0.105. The van der Waals surface area contributed by atoms with Crippen molar-refractivity contribution < 1.29 is 18.3 Å². The van der Waals surface area contributed by atoms with Crippen LogP contribution in [-0.4, -0.2) is 21.3 Å². The van der Waals surface area contributed by atoms with Gasteiger partial charge in [0, 0.05) is 6.54 Å². The van der Waals surface area contributed by atoms with E-state index >= 15 is 0 Å². The van der Waals surface area contributed by atoms with Crippen molar-refractivity contribution in [3.63, 3.8) is 0 Å². The predicted molar refractivity (Wildman–Crippen MR) is 76.5 cm³/mol. The summed E-state index contributed by atoms with van der Waals surface area (Å²) in [4.78, 5) is 4.23. The van der Waals surface area contributed by atoms with E-state index in [1.54, 1.807) is 18.2 Å². The number of rotatable bonds is 3. The highest BCUT2D eigenvalue weighted by molar-refractivity contribution is 5.90. The smallest absolute Gasteiger partial charge is 0.195 e. The molecule has 0 aliphatic heterocycles. The summed E-state index contributed by atoms with van der Waals surface area (Å²) in [7, 11) is 0. The van der Waals surface area contributed by atoms with Crippen molar-refractivity contribution in [1.29, 1.82) is 0 Å². The Morgan fingerprint density at radius 1 is 1.09 bits per heavy atom. The highest BCUT2D eigenvalue weighted by Crippen LogP contribution is 2.30. The fourth-order valence-corrected chi connectivity index (χ4v) is 2.40. The number of nitrogens with zero attached hydrogens (tertiary/aromatic N) is 2. The SMILES string of the molecule is Nc1cccc2c1nc(-c1ccc(F)c(F)c1F)n2CCO. The molecule has 3 rings (SSSR count). The second-order valence-corrected chi connectivity index (χ2v) is 4.75. The Morgan fingerprint density at radius 2 is 1.86 bits per heavy atom. The molecule has 0 saturated heterocycles. The molecule has 1 aromatic heterocycles. The summed E-state index contributed by atoms with van der Waals surface area (Å²) < 4.78 is 42.1. The van der Waals surface area contributed by atoms with Gasteiger partial charge in [-0.15, -0.1) is 0 Å². The Labute approximate surface area is 123 Å². The van der Waals surface area contributed by atoms with E-state index in [9.17, 15) is 18.3 Å². The number of para-hydroxylation sites is 1. The van der Waals surface area contributed by atoms with Crippen LogP contribution in [0.25, 0.3) is 22.4 Å². The molecule has 1 heterocycles. The molecule has 7 heteroatoms. The number of imidazole rings is 1. The number of anilines is 1. The average molecular weight is 307 g/mol. The van der Waals surface area contributed by atoms with Crippen molar-refractivity contribution >= 4 is 16.7 Å². The molecule has 0 aliphatic rings. The molecule has 0 saturated carbocycles. The zero-order valence-corrected chi connectivity index (χ0v) is 11.4. The third kappa shape index (κ3) is 2.10. The van der Waals surface area contributed by atoms with Gasteiger partial charge in [0.1, 0.15) is 11.3 Å². The van der Waals surface area contributed by atoms with Gasteiger partial charge >= 0.3 is 0 Å². The minimum absolute atomic E-state index is 0.0818. The standard InChI is InChI=1S/C15H12F3N3O/c16-9-5-4-8(12(17)13(9)18)15-20-14-10(19)2-1-3-11(14)21(15)6-7-22/h1-5,22H,6-7,19H2. The summed E-state index contributed by atoms with van der Waals surface area (Å²) in [5.74, 6) is -4.08. The fourth-order valence-electron chi connectivity index (χ4n) is 2.40. The normalized spacial score (nSPS) is 11.3. The lowest BCUT2D eigenvalue weighted by molar-refractivity contribution is 0.278. The Balaban J connectivity index is 2.33. The van der Waals surface area contributed by atoms with E-state index in [-0.39, 0.29) is 24.5 Å². The Kier molecular flexibility index (Phi) is 3.50. The van der Waals surface area contributed by atoms with Gasteiger partial charge < -0.3 is 15.4 Å². The summed E-state index contributed by atoms with van der Waals surface area (Å²) >= 11 is 0. The van der Waals surface area contributed by atoms with E-state index in [0.29, 0.717) is 16.7 Å². The van der Waals surface area contributed by atoms with Crippen LogP contribution < -0.4 is 5.73 Å². The number of hydrogen-bond donors (Lipinski definition) is 2. The number of aliphatic hydroxyl groups is 1.